The van der Waals surface area contributed by atoms with E-state index in [4.69, 9.17) is 0 Å². The Kier molecular flexibility index (Phi) is 3.68. The molecule has 0 heterocycles. The number of hydrogen-bond donors (Lipinski definition) is 0. The number of benzene rings is 3. The van der Waals surface area contributed by atoms with Crippen molar-refractivity contribution in [1.29, 1.82) is 0 Å². The van der Waals surface area contributed by atoms with E-state index in [1.54, 1.807) is 4.90 Å². The number of aryl methyl sites for hydroxylation is 2. The van der Waals surface area contributed by atoms with Crippen LogP contribution in [-0.2, 0) is 0 Å². The van der Waals surface area contributed by atoms with Gasteiger partial charge in [0.25, 0.3) is 5.91 Å². The van der Waals surface area contributed by atoms with E-state index in [2.05, 4.69) is 24.3 Å². The van der Waals surface area contributed by atoms with E-state index in [1.165, 1.54) is 10.9 Å². The van der Waals surface area contributed by atoms with Gasteiger partial charge in [-0.2, -0.15) is 0 Å². The summed E-state index contributed by atoms with van der Waals surface area (Å²) in [5.74, 6) is 0.0211. The van der Waals surface area contributed by atoms with Crippen molar-refractivity contribution >= 4 is 22.4 Å². The first kappa shape index (κ1) is 14.3. The van der Waals surface area contributed by atoms with E-state index in [9.17, 15) is 4.79 Å². The molecule has 0 N–H and O–H groups in total. The number of anilines is 1. The van der Waals surface area contributed by atoms with Gasteiger partial charge in [0.1, 0.15) is 0 Å². The minimum atomic E-state index is 0.0211. The zero-order valence-electron chi connectivity index (χ0n) is 13.1. The lowest BCUT2D eigenvalue weighted by atomic mass is 10.0. The fourth-order valence-electron chi connectivity index (χ4n) is 2.74. The number of carbonyl (C=O) groups excluding carboxylic acids is 1. The number of carbonyl (C=O) groups is 1. The molecular formula is C20H19NO. The van der Waals surface area contributed by atoms with Gasteiger partial charge in [0.05, 0.1) is 0 Å². The lowest BCUT2D eigenvalue weighted by Crippen LogP contribution is -2.26. The molecular weight excluding hydrogens is 270 g/mol. The van der Waals surface area contributed by atoms with Crippen LogP contribution in [0.5, 0.6) is 0 Å². The highest BCUT2D eigenvalue weighted by Gasteiger charge is 2.15. The summed E-state index contributed by atoms with van der Waals surface area (Å²) in [5, 5.41) is 2.32. The maximum Gasteiger partial charge on any atom is 0.258 e. The lowest BCUT2D eigenvalue weighted by molar-refractivity contribution is 0.0992. The third-order valence-electron chi connectivity index (χ3n) is 4.04. The molecule has 2 heteroatoms. The summed E-state index contributed by atoms with van der Waals surface area (Å²) in [5.41, 5.74) is 3.84. The Balaban J connectivity index is 1.97. The van der Waals surface area contributed by atoms with Crippen molar-refractivity contribution in [2.75, 3.05) is 11.9 Å². The second kappa shape index (κ2) is 5.64. The van der Waals surface area contributed by atoms with Crippen LogP contribution in [0.15, 0.2) is 60.7 Å². The van der Waals surface area contributed by atoms with E-state index in [0.29, 0.717) is 0 Å². The van der Waals surface area contributed by atoms with Gasteiger partial charge in [-0.05, 0) is 48.4 Å². The highest BCUT2D eigenvalue weighted by atomic mass is 16.2. The van der Waals surface area contributed by atoms with Crippen LogP contribution in [0, 0.1) is 13.8 Å². The predicted octanol–water partition coefficient (Wildman–Crippen LogP) is 4.73. The molecule has 0 aromatic heterocycles. The zero-order valence-corrected chi connectivity index (χ0v) is 13.1. The van der Waals surface area contributed by atoms with Crippen LogP contribution < -0.4 is 4.90 Å². The van der Waals surface area contributed by atoms with Gasteiger partial charge in [0.15, 0.2) is 0 Å². The summed E-state index contributed by atoms with van der Waals surface area (Å²) in [7, 11) is 1.83. The second-order valence-corrected chi connectivity index (χ2v) is 5.71. The monoisotopic (exact) mass is 289 g/mol. The SMILES string of the molecule is Cc1ccc(C(=O)N(C)c2ccc3ccccc3c2)c(C)c1. The topological polar surface area (TPSA) is 20.3 Å². The summed E-state index contributed by atoms with van der Waals surface area (Å²) in [6.45, 7) is 4.02. The third-order valence-corrected chi connectivity index (χ3v) is 4.04. The smallest absolute Gasteiger partial charge is 0.258 e. The largest absolute Gasteiger partial charge is 0.311 e. The molecule has 1 amide bonds. The van der Waals surface area contributed by atoms with E-state index < -0.39 is 0 Å². The number of hydrogen-bond acceptors (Lipinski definition) is 1. The van der Waals surface area contributed by atoms with Crippen LogP contribution in [0.25, 0.3) is 10.8 Å². The molecule has 0 fully saturated rings. The van der Waals surface area contributed by atoms with Crippen LogP contribution in [0.2, 0.25) is 0 Å². The van der Waals surface area contributed by atoms with E-state index in [0.717, 1.165) is 22.2 Å². The van der Waals surface area contributed by atoms with Gasteiger partial charge in [0.2, 0.25) is 0 Å². The molecule has 0 bridgehead atoms. The maximum absolute atomic E-state index is 12.7. The molecule has 0 unspecified atom stereocenters. The van der Waals surface area contributed by atoms with Crippen molar-refractivity contribution in [3.05, 3.63) is 77.4 Å². The van der Waals surface area contributed by atoms with Gasteiger partial charge in [-0.15, -0.1) is 0 Å². The van der Waals surface area contributed by atoms with Crippen LogP contribution in [0.4, 0.5) is 5.69 Å². The first-order chi connectivity index (χ1) is 10.6. The minimum Gasteiger partial charge on any atom is -0.311 e. The molecule has 0 radical (unpaired) electrons. The highest BCUT2D eigenvalue weighted by Crippen LogP contribution is 2.23. The number of nitrogens with zero attached hydrogens (tertiary/aromatic N) is 1. The Morgan fingerprint density at radius 1 is 0.864 bits per heavy atom. The van der Waals surface area contributed by atoms with Gasteiger partial charge in [-0.3, -0.25) is 4.79 Å². The minimum absolute atomic E-state index is 0.0211. The van der Waals surface area contributed by atoms with E-state index >= 15 is 0 Å². The fraction of sp³-hybridized carbons (Fsp3) is 0.150. The lowest BCUT2D eigenvalue weighted by Gasteiger charge is -2.19. The number of fused-ring (bicyclic) bond motifs is 1. The summed E-state index contributed by atoms with van der Waals surface area (Å²) in [4.78, 5) is 14.5. The van der Waals surface area contributed by atoms with Gasteiger partial charge >= 0.3 is 0 Å². The zero-order chi connectivity index (χ0) is 15.7. The number of rotatable bonds is 2. The molecule has 0 aliphatic heterocycles. The average Bonchev–Trinajstić information content (AvgIpc) is 2.53. The molecule has 3 aromatic carbocycles. The normalized spacial score (nSPS) is 10.7. The Bertz CT molecular complexity index is 851. The first-order valence-corrected chi connectivity index (χ1v) is 7.40. The first-order valence-electron chi connectivity index (χ1n) is 7.40. The average molecular weight is 289 g/mol. The standard InChI is InChI=1S/C20H19NO/c1-14-8-11-19(15(2)12-14)20(22)21(3)18-10-9-16-6-4-5-7-17(16)13-18/h4-13H,1-3H3. The van der Waals surface area contributed by atoms with Crippen molar-refractivity contribution in [2.45, 2.75) is 13.8 Å². The quantitative estimate of drug-likeness (QED) is 0.667. The molecule has 3 rings (SSSR count). The summed E-state index contributed by atoms with van der Waals surface area (Å²) in [6.07, 6.45) is 0. The Morgan fingerprint density at radius 2 is 1.59 bits per heavy atom. The molecule has 0 aliphatic carbocycles. The van der Waals surface area contributed by atoms with Crippen molar-refractivity contribution in [2.24, 2.45) is 0 Å². The Labute approximate surface area is 131 Å². The summed E-state index contributed by atoms with van der Waals surface area (Å²) in [6, 6.07) is 20.2. The molecule has 2 nitrogen and oxygen atoms in total. The maximum atomic E-state index is 12.7. The van der Waals surface area contributed by atoms with Gasteiger partial charge in [0, 0.05) is 18.3 Å². The molecule has 0 atom stereocenters. The van der Waals surface area contributed by atoms with Crippen LogP contribution in [0.3, 0.4) is 0 Å². The highest BCUT2D eigenvalue weighted by molar-refractivity contribution is 6.07. The molecule has 0 saturated carbocycles. The van der Waals surface area contributed by atoms with Gasteiger partial charge in [-0.25, -0.2) is 0 Å². The number of amides is 1. The third kappa shape index (κ3) is 2.60. The summed E-state index contributed by atoms with van der Waals surface area (Å²) < 4.78 is 0. The van der Waals surface area contributed by atoms with Crippen molar-refractivity contribution in [3.8, 4) is 0 Å². The van der Waals surface area contributed by atoms with Crippen LogP contribution in [-0.4, -0.2) is 13.0 Å². The van der Waals surface area contributed by atoms with Crippen molar-refractivity contribution < 1.29 is 4.79 Å². The summed E-state index contributed by atoms with van der Waals surface area (Å²) >= 11 is 0. The Morgan fingerprint density at radius 3 is 2.32 bits per heavy atom. The predicted molar refractivity (Wildman–Crippen MR) is 92.6 cm³/mol. The molecule has 0 saturated heterocycles. The fourth-order valence-corrected chi connectivity index (χ4v) is 2.74. The molecule has 3 aromatic rings. The molecule has 0 aliphatic rings. The van der Waals surface area contributed by atoms with E-state index in [1.807, 2.05) is 57.3 Å². The Hall–Kier alpha value is -2.61. The van der Waals surface area contributed by atoms with Crippen molar-refractivity contribution in [3.63, 3.8) is 0 Å². The van der Waals surface area contributed by atoms with Gasteiger partial charge < -0.3 is 4.90 Å². The van der Waals surface area contributed by atoms with E-state index in [-0.39, 0.29) is 5.91 Å². The van der Waals surface area contributed by atoms with Crippen molar-refractivity contribution in [1.82, 2.24) is 0 Å². The molecule has 110 valence electrons. The van der Waals surface area contributed by atoms with Crippen LogP contribution in [0.1, 0.15) is 21.5 Å². The molecule has 0 spiro atoms. The second-order valence-electron chi connectivity index (χ2n) is 5.71. The molecule has 22 heavy (non-hydrogen) atoms. The van der Waals surface area contributed by atoms with Crippen LogP contribution >= 0.6 is 0 Å². The van der Waals surface area contributed by atoms with Gasteiger partial charge in [-0.1, -0.05) is 48.0 Å².